The van der Waals surface area contributed by atoms with Crippen molar-refractivity contribution in [1.29, 1.82) is 0 Å². The number of rotatable bonds is 3. The van der Waals surface area contributed by atoms with Crippen LogP contribution in [0.2, 0.25) is 0 Å². The molecule has 0 fully saturated rings. The van der Waals surface area contributed by atoms with Gasteiger partial charge in [0, 0.05) is 24.3 Å². The van der Waals surface area contributed by atoms with E-state index in [4.69, 9.17) is 12.2 Å². The number of terminal acetylenes is 1. The number of aliphatic imine (C=N–C) groups is 1. The summed E-state index contributed by atoms with van der Waals surface area (Å²) in [6.45, 7) is 0.904. The van der Waals surface area contributed by atoms with Gasteiger partial charge in [0.2, 0.25) is 0 Å². The van der Waals surface area contributed by atoms with E-state index in [1.807, 2.05) is 17.5 Å². The normalized spacial score (nSPS) is 17.0. The standard InChI is InChI=1S/C14H16N2S/c1-2-6-11(12-7-3-4-9-16-12)14(15)13-8-5-10-17-13/h1,5,8,10H,3-4,6-7,9,15H2/b14-11-. The Morgan fingerprint density at radius 1 is 1.53 bits per heavy atom. The molecule has 1 aromatic rings. The molecule has 1 aliphatic heterocycles. The summed E-state index contributed by atoms with van der Waals surface area (Å²) in [6, 6.07) is 4.03. The van der Waals surface area contributed by atoms with Crippen molar-refractivity contribution < 1.29 is 0 Å². The molecule has 0 aromatic carbocycles. The molecule has 0 bridgehead atoms. The van der Waals surface area contributed by atoms with Crippen molar-refractivity contribution in [2.45, 2.75) is 25.7 Å². The molecule has 2 heterocycles. The summed E-state index contributed by atoms with van der Waals surface area (Å²) in [5.74, 6) is 2.69. The average Bonchev–Trinajstić information content (AvgIpc) is 2.90. The maximum Gasteiger partial charge on any atom is 0.0549 e. The lowest BCUT2D eigenvalue weighted by Gasteiger charge is -2.15. The molecule has 0 aliphatic carbocycles. The van der Waals surface area contributed by atoms with Crippen LogP contribution < -0.4 is 5.73 Å². The minimum atomic E-state index is 0.572. The van der Waals surface area contributed by atoms with E-state index < -0.39 is 0 Å². The van der Waals surface area contributed by atoms with Crippen molar-refractivity contribution in [2.24, 2.45) is 10.7 Å². The largest absolute Gasteiger partial charge is 0.397 e. The van der Waals surface area contributed by atoms with Crippen molar-refractivity contribution in [2.75, 3.05) is 6.54 Å². The Balaban J connectivity index is 2.37. The molecule has 0 saturated heterocycles. The van der Waals surface area contributed by atoms with Crippen LogP contribution in [0, 0.1) is 12.3 Å². The Morgan fingerprint density at radius 2 is 2.41 bits per heavy atom. The Morgan fingerprint density at radius 3 is 3.00 bits per heavy atom. The molecule has 2 N–H and O–H groups in total. The Labute approximate surface area is 106 Å². The second kappa shape index (κ2) is 5.70. The highest BCUT2D eigenvalue weighted by molar-refractivity contribution is 7.11. The zero-order valence-electron chi connectivity index (χ0n) is 9.78. The Hall–Kier alpha value is -1.53. The lowest BCUT2D eigenvalue weighted by molar-refractivity contribution is 0.737. The SMILES string of the molecule is C#CC/C(C1=NCCCC1)=C(/N)c1cccs1. The molecule has 1 aromatic heterocycles. The first-order valence-corrected chi connectivity index (χ1v) is 6.70. The lowest BCUT2D eigenvalue weighted by atomic mass is 9.97. The predicted octanol–water partition coefficient (Wildman–Crippen LogP) is 3.07. The van der Waals surface area contributed by atoms with Crippen LogP contribution in [0.25, 0.3) is 5.70 Å². The number of nitrogens with zero attached hydrogens (tertiary/aromatic N) is 1. The molecule has 0 saturated carbocycles. The monoisotopic (exact) mass is 244 g/mol. The average molecular weight is 244 g/mol. The number of hydrogen-bond donors (Lipinski definition) is 1. The third kappa shape index (κ3) is 2.78. The summed E-state index contributed by atoms with van der Waals surface area (Å²) in [4.78, 5) is 5.65. The van der Waals surface area contributed by atoms with E-state index in [-0.39, 0.29) is 0 Å². The van der Waals surface area contributed by atoms with E-state index in [9.17, 15) is 0 Å². The van der Waals surface area contributed by atoms with Crippen LogP contribution in [-0.4, -0.2) is 12.3 Å². The first kappa shape index (κ1) is 11.9. The molecule has 2 nitrogen and oxygen atoms in total. The molecule has 0 amide bonds. The molecular weight excluding hydrogens is 228 g/mol. The smallest absolute Gasteiger partial charge is 0.0549 e. The highest BCUT2D eigenvalue weighted by Gasteiger charge is 2.14. The quantitative estimate of drug-likeness (QED) is 0.815. The van der Waals surface area contributed by atoms with Gasteiger partial charge >= 0.3 is 0 Å². The fourth-order valence-electron chi connectivity index (χ4n) is 1.98. The lowest BCUT2D eigenvalue weighted by Crippen LogP contribution is -2.13. The van der Waals surface area contributed by atoms with Crippen molar-refractivity contribution in [3.05, 3.63) is 28.0 Å². The number of nitrogens with two attached hydrogens (primary N) is 1. The second-order valence-corrected chi connectivity index (χ2v) is 4.98. The van der Waals surface area contributed by atoms with Gasteiger partial charge in [-0.15, -0.1) is 23.7 Å². The van der Waals surface area contributed by atoms with Gasteiger partial charge < -0.3 is 5.73 Å². The Bertz CT molecular complexity index is 475. The maximum atomic E-state index is 6.21. The summed E-state index contributed by atoms with van der Waals surface area (Å²) in [5, 5.41) is 2.03. The molecular formula is C14H16N2S. The topological polar surface area (TPSA) is 38.4 Å². The number of hydrogen-bond acceptors (Lipinski definition) is 3. The van der Waals surface area contributed by atoms with Crippen LogP contribution in [0.5, 0.6) is 0 Å². The van der Waals surface area contributed by atoms with Gasteiger partial charge in [-0.1, -0.05) is 6.07 Å². The van der Waals surface area contributed by atoms with Crippen molar-refractivity contribution in [1.82, 2.24) is 0 Å². The van der Waals surface area contributed by atoms with Gasteiger partial charge in [0.1, 0.15) is 0 Å². The minimum absolute atomic E-state index is 0.572. The third-order valence-electron chi connectivity index (χ3n) is 2.86. The molecule has 17 heavy (non-hydrogen) atoms. The maximum absolute atomic E-state index is 6.21. The predicted molar refractivity (Wildman–Crippen MR) is 75.0 cm³/mol. The van der Waals surface area contributed by atoms with Gasteiger partial charge in [-0.25, -0.2) is 0 Å². The van der Waals surface area contributed by atoms with E-state index >= 15 is 0 Å². The first-order valence-electron chi connectivity index (χ1n) is 5.82. The van der Waals surface area contributed by atoms with Crippen molar-refractivity contribution >= 4 is 22.7 Å². The molecule has 1 aliphatic rings. The van der Waals surface area contributed by atoms with Gasteiger partial charge in [0.15, 0.2) is 0 Å². The molecule has 3 heteroatoms. The van der Waals surface area contributed by atoms with Crippen molar-refractivity contribution in [3.8, 4) is 12.3 Å². The molecule has 2 rings (SSSR count). The molecule has 88 valence electrons. The van der Waals surface area contributed by atoms with Gasteiger partial charge in [0.05, 0.1) is 10.6 Å². The van der Waals surface area contributed by atoms with E-state index in [1.54, 1.807) is 11.3 Å². The van der Waals surface area contributed by atoms with E-state index in [0.717, 1.165) is 34.8 Å². The van der Waals surface area contributed by atoms with E-state index in [0.29, 0.717) is 6.42 Å². The molecule has 0 atom stereocenters. The van der Waals surface area contributed by atoms with E-state index in [1.165, 1.54) is 12.8 Å². The molecule has 0 spiro atoms. The summed E-state index contributed by atoms with van der Waals surface area (Å²) in [6.07, 6.45) is 9.37. The van der Waals surface area contributed by atoms with Gasteiger partial charge in [0.25, 0.3) is 0 Å². The summed E-state index contributed by atoms with van der Waals surface area (Å²) in [7, 11) is 0. The summed E-state index contributed by atoms with van der Waals surface area (Å²) in [5.41, 5.74) is 9.18. The second-order valence-electron chi connectivity index (χ2n) is 4.04. The summed E-state index contributed by atoms with van der Waals surface area (Å²) >= 11 is 1.64. The first-order chi connectivity index (χ1) is 8.33. The summed E-state index contributed by atoms with van der Waals surface area (Å²) < 4.78 is 0. The molecule has 0 radical (unpaired) electrons. The van der Waals surface area contributed by atoms with Gasteiger partial charge in [-0.3, -0.25) is 4.99 Å². The van der Waals surface area contributed by atoms with Crippen molar-refractivity contribution in [3.63, 3.8) is 0 Å². The number of allylic oxidation sites excluding steroid dienone is 1. The molecule has 0 unspecified atom stereocenters. The zero-order valence-corrected chi connectivity index (χ0v) is 10.6. The zero-order chi connectivity index (χ0) is 12.1. The number of thiophene rings is 1. The fraction of sp³-hybridized carbons (Fsp3) is 0.357. The highest BCUT2D eigenvalue weighted by atomic mass is 32.1. The fourth-order valence-corrected chi connectivity index (χ4v) is 2.69. The van der Waals surface area contributed by atoms with E-state index in [2.05, 4.69) is 10.9 Å². The highest BCUT2D eigenvalue weighted by Crippen LogP contribution is 2.24. The van der Waals surface area contributed by atoms with Crippen LogP contribution in [0.1, 0.15) is 30.6 Å². The van der Waals surface area contributed by atoms with Gasteiger partial charge in [-0.2, -0.15) is 0 Å². The minimum Gasteiger partial charge on any atom is -0.397 e. The van der Waals surface area contributed by atoms with Crippen LogP contribution >= 0.6 is 11.3 Å². The van der Waals surface area contributed by atoms with Crippen LogP contribution in [-0.2, 0) is 0 Å². The van der Waals surface area contributed by atoms with Crippen LogP contribution in [0.4, 0.5) is 0 Å². The third-order valence-corrected chi connectivity index (χ3v) is 3.77. The van der Waals surface area contributed by atoms with Crippen LogP contribution in [0.15, 0.2) is 28.1 Å². The van der Waals surface area contributed by atoms with Crippen LogP contribution in [0.3, 0.4) is 0 Å². The van der Waals surface area contributed by atoms with Gasteiger partial charge in [-0.05, 0) is 30.7 Å². The Kier molecular flexibility index (Phi) is 4.00.